The molecule has 2 heterocycles. The van der Waals surface area contributed by atoms with Crippen LogP contribution in [0.1, 0.15) is 27.2 Å². The van der Waals surface area contributed by atoms with Gasteiger partial charge in [-0.15, -0.1) is 0 Å². The molecule has 5 nitrogen and oxygen atoms in total. The van der Waals surface area contributed by atoms with Gasteiger partial charge in [-0.3, -0.25) is 4.98 Å². The zero-order valence-corrected chi connectivity index (χ0v) is 14.2. The minimum Gasteiger partial charge on any atom is -0.444 e. The highest BCUT2D eigenvalue weighted by molar-refractivity contribution is 5.91. The Hall–Kier alpha value is -2.37. The summed E-state index contributed by atoms with van der Waals surface area (Å²) in [6.45, 7) is 6.71. The van der Waals surface area contributed by atoms with E-state index < -0.39 is 5.60 Å². The molecule has 0 bridgehead atoms. The average molecular weight is 331 g/mol. The van der Waals surface area contributed by atoms with Crippen molar-refractivity contribution in [1.82, 2.24) is 9.88 Å². The lowest BCUT2D eigenvalue weighted by Gasteiger charge is -2.24. The topological polar surface area (TPSA) is 54.5 Å². The summed E-state index contributed by atoms with van der Waals surface area (Å²) in [6.07, 6.45) is 2.13. The molecule has 1 aromatic heterocycles. The summed E-state index contributed by atoms with van der Waals surface area (Å²) in [4.78, 5) is 18.0. The van der Waals surface area contributed by atoms with Gasteiger partial charge in [0.05, 0.1) is 5.52 Å². The molecule has 1 N–H and O–H groups in total. The van der Waals surface area contributed by atoms with Crippen LogP contribution in [0.4, 0.5) is 14.9 Å². The van der Waals surface area contributed by atoms with Gasteiger partial charge in [-0.25, -0.2) is 9.18 Å². The fourth-order valence-electron chi connectivity index (χ4n) is 2.86. The van der Waals surface area contributed by atoms with E-state index in [9.17, 15) is 9.18 Å². The van der Waals surface area contributed by atoms with E-state index in [4.69, 9.17) is 4.74 Å². The van der Waals surface area contributed by atoms with Gasteiger partial charge in [-0.2, -0.15) is 0 Å². The van der Waals surface area contributed by atoms with Gasteiger partial charge in [-0.1, -0.05) is 0 Å². The van der Waals surface area contributed by atoms with Crippen molar-refractivity contribution in [1.29, 1.82) is 0 Å². The van der Waals surface area contributed by atoms with Crippen LogP contribution in [0.2, 0.25) is 0 Å². The monoisotopic (exact) mass is 331 g/mol. The molecule has 1 atom stereocenters. The second kappa shape index (κ2) is 6.26. The molecule has 0 spiro atoms. The van der Waals surface area contributed by atoms with Crippen molar-refractivity contribution in [2.24, 2.45) is 0 Å². The zero-order valence-electron chi connectivity index (χ0n) is 14.2. The molecule has 1 aliphatic rings. The first kappa shape index (κ1) is 16.5. The Morgan fingerprint density at radius 1 is 1.42 bits per heavy atom. The molecular weight excluding hydrogens is 309 g/mol. The molecule has 0 radical (unpaired) electrons. The Bertz CT molecular complexity index is 758. The maximum absolute atomic E-state index is 13.8. The number of ether oxygens (including phenoxy) is 1. The molecule has 1 aliphatic heterocycles. The molecule has 3 rings (SSSR count). The molecule has 1 aromatic carbocycles. The number of anilines is 1. The number of fused-ring (bicyclic) bond motifs is 1. The van der Waals surface area contributed by atoms with E-state index in [0.29, 0.717) is 24.3 Å². The van der Waals surface area contributed by atoms with Crippen LogP contribution in [0.5, 0.6) is 0 Å². The quantitative estimate of drug-likeness (QED) is 0.909. The molecule has 128 valence electrons. The second-order valence-corrected chi connectivity index (χ2v) is 7.08. The van der Waals surface area contributed by atoms with E-state index in [2.05, 4.69) is 10.3 Å². The third-order valence-corrected chi connectivity index (χ3v) is 3.89. The first-order chi connectivity index (χ1) is 11.3. The van der Waals surface area contributed by atoms with Crippen LogP contribution in [0.15, 0.2) is 30.5 Å². The summed E-state index contributed by atoms with van der Waals surface area (Å²) < 4.78 is 19.2. The van der Waals surface area contributed by atoms with Crippen LogP contribution < -0.4 is 5.32 Å². The summed E-state index contributed by atoms with van der Waals surface area (Å²) in [6, 6.07) is 6.68. The number of nitrogens with one attached hydrogen (secondary N) is 1. The molecule has 6 heteroatoms. The van der Waals surface area contributed by atoms with Crippen molar-refractivity contribution in [2.45, 2.75) is 38.8 Å². The molecule has 1 fully saturated rings. The third kappa shape index (κ3) is 3.75. The number of rotatable bonds is 2. The highest BCUT2D eigenvalue weighted by atomic mass is 19.1. The fraction of sp³-hybridized carbons (Fsp3) is 0.444. The highest BCUT2D eigenvalue weighted by Crippen LogP contribution is 2.26. The van der Waals surface area contributed by atoms with Crippen molar-refractivity contribution in [3.05, 3.63) is 36.3 Å². The largest absolute Gasteiger partial charge is 0.444 e. The summed E-state index contributed by atoms with van der Waals surface area (Å²) in [5, 5.41) is 4.21. The van der Waals surface area contributed by atoms with Crippen LogP contribution in [0, 0.1) is 5.82 Å². The van der Waals surface area contributed by atoms with Crippen molar-refractivity contribution >= 4 is 22.7 Å². The zero-order chi connectivity index (χ0) is 17.3. The molecule has 0 aliphatic carbocycles. The lowest BCUT2D eigenvalue weighted by Crippen LogP contribution is -2.36. The van der Waals surface area contributed by atoms with Gasteiger partial charge in [0.1, 0.15) is 11.4 Å². The number of carbonyl (C=O) groups excluding carboxylic acids is 1. The maximum Gasteiger partial charge on any atom is 0.410 e. The Kier molecular flexibility index (Phi) is 4.30. The highest BCUT2D eigenvalue weighted by Gasteiger charge is 2.30. The lowest BCUT2D eigenvalue weighted by atomic mass is 10.1. The van der Waals surface area contributed by atoms with Crippen molar-refractivity contribution in [3.8, 4) is 0 Å². The Labute approximate surface area is 140 Å². The predicted octanol–water partition coefficient (Wildman–Crippen LogP) is 3.80. The molecule has 0 unspecified atom stereocenters. The van der Waals surface area contributed by atoms with Gasteiger partial charge in [0.15, 0.2) is 0 Å². The first-order valence-electron chi connectivity index (χ1n) is 8.10. The summed E-state index contributed by atoms with van der Waals surface area (Å²) in [5.41, 5.74) is 0.809. The number of halogens is 1. The number of amides is 1. The Morgan fingerprint density at radius 3 is 2.96 bits per heavy atom. The summed E-state index contributed by atoms with van der Waals surface area (Å²) in [7, 11) is 0. The molecule has 24 heavy (non-hydrogen) atoms. The van der Waals surface area contributed by atoms with Crippen LogP contribution in [-0.2, 0) is 4.74 Å². The summed E-state index contributed by atoms with van der Waals surface area (Å²) >= 11 is 0. The van der Waals surface area contributed by atoms with Crippen molar-refractivity contribution in [3.63, 3.8) is 0 Å². The van der Waals surface area contributed by atoms with Gasteiger partial charge >= 0.3 is 6.09 Å². The van der Waals surface area contributed by atoms with Gasteiger partial charge in [0.25, 0.3) is 0 Å². The van der Waals surface area contributed by atoms with E-state index in [-0.39, 0.29) is 18.0 Å². The minimum absolute atomic E-state index is 0.0581. The predicted molar refractivity (Wildman–Crippen MR) is 91.5 cm³/mol. The van der Waals surface area contributed by atoms with E-state index >= 15 is 0 Å². The van der Waals surface area contributed by atoms with Crippen LogP contribution >= 0.6 is 0 Å². The van der Waals surface area contributed by atoms with Gasteiger partial charge in [0.2, 0.25) is 0 Å². The third-order valence-electron chi connectivity index (χ3n) is 3.89. The number of hydrogen-bond acceptors (Lipinski definition) is 4. The van der Waals surface area contributed by atoms with Crippen LogP contribution in [0.3, 0.4) is 0 Å². The van der Waals surface area contributed by atoms with Gasteiger partial charge in [0, 0.05) is 42.5 Å². The Balaban J connectivity index is 1.71. The normalized spacial score (nSPS) is 18.0. The van der Waals surface area contributed by atoms with E-state index in [0.717, 1.165) is 11.8 Å². The number of hydrogen-bond donors (Lipinski definition) is 1. The molecular formula is C18H22FN3O2. The molecule has 2 aromatic rings. The smallest absolute Gasteiger partial charge is 0.410 e. The average Bonchev–Trinajstić information content (AvgIpc) is 2.94. The minimum atomic E-state index is -0.507. The van der Waals surface area contributed by atoms with Crippen molar-refractivity contribution in [2.75, 3.05) is 18.4 Å². The number of benzene rings is 1. The van der Waals surface area contributed by atoms with E-state index in [1.54, 1.807) is 11.1 Å². The fourth-order valence-corrected chi connectivity index (χ4v) is 2.86. The molecule has 1 amide bonds. The second-order valence-electron chi connectivity index (χ2n) is 7.08. The standard InChI is InChI=1S/C18H22FN3O2/c1-18(2,3)24-17(23)22-8-6-13(11-22)21-16-10-12(19)9-15-14(16)5-4-7-20-15/h4-5,7,9-10,13,21H,6,8,11H2,1-3H3/t13-/m1/s1. The van der Waals surface area contributed by atoms with E-state index in [1.165, 1.54) is 12.1 Å². The first-order valence-corrected chi connectivity index (χ1v) is 8.10. The molecule has 1 saturated heterocycles. The number of carbonyl (C=O) groups is 1. The number of likely N-dealkylation sites (tertiary alicyclic amines) is 1. The van der Waals surface area contributed by atoms with Crippen molar-refractivity contribution < 1.29 is 13.9 Å². The summed E-state index contributed by atoms with van der Waals surface area (Å²) in [5.74, 6) is -0.328. The number of aromatic nitrogens is 1. The van der Waals surface area contributed by atoms with E-state index in [1.807, 2.05) is 32.9 Å². The maximum atomic E-state index is 13.8. The van der Waals surface area contributed by atoms with Gasteiger partial charge in [-0.05, 0) is 45.4 Å². The SMILES string of the molecule is CC(C)(C)OC(=O)N1CC[C@@H](Nc2cc(F)cc3ncccc23)C1. The molecule has 0 saturated carbocycles. The van der Waals surface area contributed by atoms with Crippen LogP contribution in [-0.4, -0.2) is 40.7 Å². The Morgan fingerprint density at radius 2 is 2.21 bits per heavy atom. The van der Waals surface area contributed by atoms with Crippen LogP contribution in [0.25, 0.3) is 10.9 Å². The van der Waals surface area contributed by atoms with Gasteiger partial charge < -0.3 is 15.0 Å². The lowest BCUT2D eigenvalue weighted by molar-refractivity contribution is 0.0293. The number of nitrogens with zero attached hydrogens (tertiary/aromatic N) is 2. The number of pyridine rings is 1.